The van der Waals surface area contributed by atoms with E-state index in [9.17, 15) is 0 Å². The third-order valence-electron chi connectivity index (χ3n) is 1.48. The topological polar surface area (TPSA) is 21.3 Å². The van der Waals surface area contributed by atoms with Crippen molar-refractivity contribution in [2.75, 3.05) is 6.61 Å². The summed E-state index contributed by atoms with van der Waals surface area (Å²) in [6, 6.07) is 8.07. The molecule has 1 atom stereocenters. The number of rotatable bonds is 4. The van der Waals surface area contributed by atoms with Crippen LogP contribution in [0.2, 0.25) is 0 Å². The van der Waals surface area contributed by atoms with Gasteiger partial charge in [0.05, 0.1) is 6.04 Å². The molecule has 1 aromatic rings. The van der Waals surface area contributed by atoms with Gasteiger partial charge in [0.15, 0.2) is 0 Å². The molecular formula is C9H11ClINO. The maximum atomic E-state index is 5.49. The SMILES string of the molecule is CC(COc1cccc(I)c1)NCl. The first-order chi connectivity index (χ1) is 6.22. The van der Waals surface area contributed by atoms with E-state index >= 15 is 0 Å². The summed E-state index contributed by atoms with van der Waals surface area (Å²) in [5.74, 6) is 0.880. The van der Waals surface area contributed by atoms with E-state index < -0.39 is 0 Å². The standard InChI is InChI=1S/C9H11ClINO/c1-7(12-10)6-13-9-4-2-3-8(11)5-9/h2-5,7,12H,6H2,1H3. The van der Waals surface area contributed by atoms with Gasteiger partial charge in [0.25, 0.3) is 0 Å². The predicted molar refractivity (Wildman–Crippen MR) is 63.1 cm³/mol. The Morgan fingerprint density at radius 1 is 1.62 bits per heavy atom. The van der Waals surface area contributed by atoms with Gasteiger partial charge < -0.3 is 4.74 Å². The maximum absolute atomic E-state index is 5.49. The van der Waals surface area contributed by atoms with Crippen molar-refractivity contribution in [1.82, 2.24) is 4.84 Å². The minimum Gasteiger partial charge on any atom is -0.492 e. The van der Waals surface area contributed by atoms with Crippen LogP contribution in [0.5, 0.6) is 5.75 Å². The molecule has 1 aromatic carbocycles. The molecule has 0 aliphatic rings. The highest BCUT2D eigenvalue weighted by Gasteiger charge is 2.00. The Morgan fingerprint density at radius 3 is 3.00 bits per heavy atom. The van der Waals surface area contributed by atoms with E-state index in [4.69, 9.17) is 16.5 Å². The molecule has 0 radical (unpaired) electrons. The molecule has 13 heavy (non-hydrogen) atoms. The van der Waals surface area contributed by atoms with Crippen LogP contribution < -0.4 is 9.57 Å². The van der Waals surface area contributed by atoms with E-state index in [-0.39, 0.29) is 6.04 Å². The molecule has 0 saturated carbocycles. The van der Waals surface area contributed by atoms with Crippen molar-refractivity contribution in [3.05, 3.63) is 27.8 Å². The Morgan fingerprint density at radius 2 is 2.38 bits per heavy atom. The van der Waals surface area contributed by atoms with Crippen molar-refractivity contribution in [3.8, 4) is 5.75 Å². The molecule has 2 nitrogen and oxygen atoms in total. The van der Waals surface area contributed by atoms with Gasteiger partial charge in [0.2, 0.25) is 0 Å². The highest BCUT2D eigenvalue weighted by molar-refractivity contribution is 14.1. The van der Waals surface area contributed by atoms with Crippen molar-refractivity contribution >= 4 is 34.4 Å². The molecule has 0 aromatic heterocycles. The lowest BCUT2D eigenvalue weighted by molar-refractivity contribution is 0.289. The maximum Gasteiger partial charge on any atom is 0.120 e. The first-order valence-electron chi connectivity index (χ1n) is 3.97. The zero-order valence-corrected chi connectivity index (χ0v) is 10.2. The van der Waals surface area contributed by atoms with Gasteiger partial charge in [-0.3, -0.25) is 0 Å². The molecule has 0 amide bonds. The quantitative estimate of drug-likeness (QED) is 0.682. The smallest absolute Gasteiger partial charge is 0.120 e. The minimum absolute atomic E-state index is 0.152. The van der Waals surface area contributed by atoms with E-state index in [1.54, 1.807) is 0 Å². The van der Waals surface area contributed by atoms with Crippen LogP contribution in [0, 0.1) is 3.57 Å². The third kappa shape index (κ3) is 4.15. The van der Waals surface area contributed by atoms with E-state index in [1.807, 2.05) is 31.2 Å². The fourth-order valence-corrected chi connectivity index (χ4v) is 1.39. The Bertz CT molecular complexity index is 270. The van der Waals surface area contributed by atoms with Crippen molar-refractivity contribution in [1.29, 1.82) is 0 Å². The Labute approximate surface area is 96.9 Å². The van der Waals surface area contributed by atoms with Crippen LogP contribution in [0.4, 0.5) is 0 Å². The van der Waals surface area contributed by atoms with E-state index in [0.29, 0.717) is 6.61 Å². The number of halogens is 2. The molecular weight excluding hydrogens is 300 g/mol. The first kappa shape index (κ1) is 11.1. The first-order valence-corrected chi connectivity index (χ1v) is 5.42. The summed E-state index contributed by atoms with van der Waals surface area (Å²) in [6.07, 6.45) is 0. The van der Waals surface area contributed by atoms with Crippen LogP contribution in [0.25, 0.3) is 0 Å². The lowest BCUT2D eigenvalue weighted by Gasteiger charge is -2.10. The molecule has 1 N–H and O–H groups in total. The average molecular weight is 312 g/mol. The molecule has 72 valence electrons. The normalized spacial score (nSPS) is 12.5. The van der Waals surface area contributed by atoms with Crippen LogP contribution in [0.3, 0.4) is 0 Å². The number of benzene rings is 1. The second kappa shape index (κ2) is 5.67. The van der Waals surface area contributed by atoms with Gasteiger partial charge in [-0.05, 0) is 59.5 Å². The summed E-state index contributed by atoms with van der Waals surface area (Å²) in [5.41, 5.74) is 0. The van der Waals surface area contributed by atoms with Gasteiger partial charge in [-0.2, -0.15) is 0 Å². The summed E-state index contributed by atoms with van der Waals surface area (Å²) in [4.78, 5) is 2.60. The summed E-state index contributed by atoms with van der Waals surface area (Å²) in [5, 5.41) is 0. The third-order valence-corrected chi connectivity index (χ3v) is 2.53. The lowest BCUT2D eigenvalue weighted by atomic mass is 10.3. The summed E-state index contributed by atoms with van der Waals surface area (Å²) < 4.78 is 6.66. The van der Waals surface area contributed by atoms with Crippen LogP contribution in [0.1, 0.15) is 6.92 Å². The highest BCUT2D eigenvalue weighted by Crippen LogP contribution is 2.14. The molecule has 4 heteroatoms. The van der Waals surface area contributed by atoms with Gasteiger partial charge in [0, 0.05) is 3.57 Å². The van der Waals surface area contributed by atoms with E-state index in [2.05, 4.69) is 27.4 Å². The van der Waals surface area contributed by atoms with E-state index in [1.165, 1.54) is 3.57 Å². The van der Waals surface area contributed by atoms with Gasteiger partial charge in [-0.1, -0.05) is 6.07 Å². The predicted octanol–water partition coefficient (Wildman–Crippen LogP) is 2.80. The Balaban J connectivity index is 2.45. The number of hydrogen-bond donors (Lipinski definition) is 1. The molecule has 1 rings (SSSR count). The molecule has 0 spiro atoms. The number of ether oxygens (including phenoxy) is 1. The van der Waals surface area contributed by atoms with Crippen molar-refractivity contribution in [3.63, 3.8) is 0 Å². The van der Waals surface area contributed by atoms with Crippen LogP contribution in [-0.4, -0.2) is 12.6 Å². The fraction of sp³-hybridized carbons (Fsp3) is 0.333. The van der Waals surface area contributed by atoms with Gasteiger partial charge in [-0.15, -0.1) is 0 Å². The van der Waals surface area contributed by atoms with Gasteiger partial charge in [0.1, 0.15) is 12.4 Å². The second-order valence-electron chi connectivity index (χ2n) is 2.78. The molecule has 0 aliphatic carbocycles. The molecule has 0 bridgehead atoms. The fourth-order valence-electron chi connectivity index (χ4n) is 0.810. The van der Waals surface area contributed by atoms with Crippen molar-refractivity contribution in [2.24, 2.45) is 0 Å². The Hall–Kier alpha value is -0.000000000000000111. The highest BCUT2D eigenvalue weighted by atomic mass is 127. The van der Waals surface area contributed by atoms with Crippen molar-refractivity contribution < 1.29 is 4.74 Å². The average Bonchev–Trinajstić information content (AvgIpc) is 2.14. The lowest BCUT2D eigenvalue weighted by Crippen LogP contribution is -2.24. The zero-order chi connectivity index (χ0) is 9.68. The zero-order valence-electron chi connectivity index (χ0n) is 7.26. The minimum atomic E-state index is 0.152. The largest absolute Gasteiger partial charge is 0.492 e. The molecule has 0 aliphatic heterocycles. The molecule has 0 saturated heterocycles. The van der Waals surface area contributed by atoms with Gasteiger partial charge >= 0.3 is 0 Å². The summed E-state index contributed by atoms with van der Waals surface area (Å²) in [7, 11) is 0. The van der Waals surface area contributed by atoms with E-state index in [0.717, 1.165) is 5.75 Å². The summed E-state index contributed by atoms with van der Waals surface area (Å²) in [6.45, 7) is 2.53. The van der Waals surface area contributed by atoms with Crippen LogP contribution in [-0.2, 0) is 0 Å². The number of nitrogens with one attached hydrogen (secondary N) is 1. The summed E-state index contributed by atoms with van der Waals surface area (Å²) >= 11 is 7.67. The monoisotopic (exact) mass is 311 g/mol. The van der Waals surface area contributed by atoms with Crippen molar-refractivity contribution in [2.45, 2.75) is 13.0 Å². The molecule has 1 unspecified atom stereocenters. The Kier molecular flexibility index (Phi) is 4.83. The van der Waals surface area contributed by atoms with Gasteiger partial charge in [-0.25, -0.2) is 4.84 Å². The number of hydrogen-bond acceptors (Lipinski definition) is 2. The molecule has 0 heterocycles. The molecule has 0 fully saturated rings. The van der Waals surface area contributed by atoms with Crippen LogP contribution in [0.15, 0.2) is 24.3 Å². The van der Waals surface area contributed by atoms with Crippen LogP contribution >= 0.6 is 34.4 Å². The second-order valence-corrected chi connectivity index (χ2v) is 4.24.